The summed E-state index contributed by atoms with van der Waals surface area (Å²) in [5.74, 6) is -5.63. The van der Waals surface area contributed by atoms with Crippen LogP contribution in [0.5, 0.6) is 0 Å². The van der Waals surface area contributed by atoms with Gasteiger partial charge >= 0.3 is 11.9 Å². The second-order valence-electron chi connectivity index (χ2n) is 4.55. The molecule has 134 valence electrons. The molecule has 11 heteroatoms. The monoisotopic (exact) mass is 354 g/mol. The van der Waals surface area contributed by atoms with Crippen molar-refractivity contribution in [3.8, 4) is 0 Å². The summed E-state index contributed by atoms with van der Waals surface area (Å²) >= 11 is 0. The second-order valence-corrected chi connectivity index (χ2v) is 4.55. The van der Waals surface area contributed by atoms with Gasteiger partial charge in [0.15, 0.2) is 5.78 Å². The summed E-state index contributed by atoms with van der Waals surface area (Å²) in [6.07, 6.45) is 0. The standard InChI is InChI=1S/C14H14N2O9/c1-3-24-13(18)11(14(19)25-4-2)12(17)8-5-9(15(20)21)7-10(6-8)16(22)23/h5-7,11H,3-4H2,1-2H3. The number of nitro benzene ring substituents is 2. The Bertz CT molecular complexity index is 679. The Hall–Kier alpha value is -3.37. The van der Waals surface area contributed by atoms with Crippen molar-refractivity contribution in [2.75, 3.05) is 13.2 Å². The quantitative estimate of drug-likeness (QED) is 0.221. The number of esters is 2. The average Bonchev–Trinajstić information content (AvgIpc) is 2.54. The van der Waals surface area contributed by atoms with Gasteiger partial charge in [-0.05, 0) is 13.8 Å². The van der Waals surface area contributed by atoms with Crippen molar-refractivity contribution in [1.29, 1.82) is 0 Å². The van der Waals surface area contributed by atoms with E-state index in [1.807, 2.05) is 0 Å². The van der Waals surface area contributed by atoms with Crippen LogP contribution in [-0.2, 0) is 19.1 Å². The van der Waals surface area contributed by atoms with Crippen LogP contribution in [0, 0.1) is 26.1 Å². The number of benzene rings is 1. The molecular formula is C14H14N2O9. The number of non-ortho nitro benzene ring substituents is 2. The van der Waals surface area contributed by atoms with Crippen molar-refractivity contribution in [3.63, 3.8) is 0 Å². The molecule has 0 atom stereocenters. The van der Waals surface area contributed by atoms with Crippen molar-refractivity contribution >= 4 is 29.1 Å². The van der Waals surface area contributed by atoms with Crippen molar-refractivity contribution < 1.29 is 33.7 Å². The normalized spacial score (nSPS) is 10.2. The van der Waals surface area contributed by atoms with Gasteiger partial charge in [-0.3, -0.25) is 34.6 Å². The first-order chi connectivity index (χ1) is 11.7. The van der Waals surface area contributed by atoms with Crippen LogP contribution in [0.3, 0.4) is 0 Å². The van der Waals surface area contributed by atoms with Gasteiger partial charge in [-0.1, -0.05) is 0 Å². The van der Waals surface area contributed by atoms with E-state index in [0.717, 1.165) is 12.1 Å². The summed E-state index contributed by atoms with van der Waals surface area (Å²) in [6.45, 7) is 2.64. The molecule has 0 saturated carbocycles. The second kappa shape index (κ2) is 8.47. The number of hydrogen-bond acceptors (Lipinski definition) is 9. The Balaban J connectivity index is 3.40. The van der Waals surface area contributed by atoms with E-state index in [-0.39, 0.29) is 13.2 Å². The van der Waals surface area contributed by atoms with Gasteiger partial charge in [-0.2, -0.15) is 0 Å². The third-order valence-electron chi connectivity index (χ3n) is 2.92. The number of ether oxygens (including phenoxy) is 2. The summed E-state index contributed by atoms with van der Waals surface area (Å²) < 4.78 is 9.28. The topological polar surface area (TPSA) is 156 Å². The minimum atomic E-state index is -2.03. The van der Waals surface area contributed by atoms with Crippen LogP contribution < -0.4 is 0 Å². The molecule has 0 radical (unpaired) electrons. The van der Waals surface area contributed by atoms with Gasteiger partial charge in [-0.25, -0.2) is 0 Å². The number of nitro groups is 2. The molecular weight excluding hydrogens is 340 g/mol. The van der Waals surface area contributed by atoms with Crippen LogP contribution in [0.15, 0.2) is 18.2 Å². The summed E-state index contributed by atoms with van der Waals surface area (Å²) in [7, 11) is 0. The summed E-state index contributed by atoms with van der Waals surface area (Å²) in [5.41, 5.74) is -2.01. The molecule has 0 bridgehead atoms. The average molecular weight is 354 g/mol. The van der Waals surface area contributed by atoms with Crippen molar-refractivity contribution in [1.82, 2.24) is 0 Å². The largest absolute Gasteiger partial charge is 0.465 e. The lowest BCUT2D eigenvalue weighted by Crippen LogP contribution is -2.35. The minimum absolute atomic E-state index is 0.128. The predicted molar refractivity (Wildman–Crippen MR) is 80.8 cm³/mol. The van der Waals surface area contributed by atoms with E-state index < -0.39 is 50.4 Å². The molecule has 0 aliphatic heterocycles. The van der Waals surface area contributed by atoms with E-state index in [0.29, 0.717) is 6.07 Å². The minimum Gasteiger partial charge on any atom is -0.465 e. The van der Waals surface area contributed by atoms with Crippen LogP contribution in [-0.4, -0.2) is 40.8 Å². The highest BCUT2D eigenvalue weighted by Gasteiger charge is 2.38. The van der Waals surface area contributed by atoms with Crippen molar-refractivity contribution in [3.05, 3.63) is 44.0 Å². The first kappa shape index (κ1) is 19.7. The Morgan fingerprint density at radius 2 is 1.32 bits per heavy atom. The number of carbonyl (C=O) groups is 3. The molecule has 0 aliphatic rings. The maximum Gasteiger partial charge on any atom is 0.328 e. The van der Waals surface area contributed by atoms with Gasteiger partial charge in [0.25, 0.3) is 11.4 Å². The lowest BCUT2D eigenvalue weighted by molar-refractivity contribution is -0.394. The van der Waals surface area contributed by atoms with E-state index in [1.54, 1.807) is 0 Å². The summed E-state index contributed by atoms with van der Waals surface area (Å²) in [5, 5.41) is 21.8. The zero-order valence-electron chi connectivity index (χ0n) is 13.3. The van der Waals surface area contributed by atoms with E-state index in [1.165, 1.54) is 13.8 Å². The molecule has 0 amide bonds. The fourth-order valence-corrected chi connectivity index (χ4v) is 1.88. The summed E-state index contributed by atoms with van der Waals surface area (Å²) in [4.78, 5) is 56.2. The predicted octanol–water partition coefficient (Wildman–Crippen LogP) is 1.43. The highest BCUT2D eigenvalue weighted by Crippen LogP contribution is 2.25. The molecule has 0 fully saturated rings. The van der Waals surface area contributed by atoms with Crippen LogP contribution in [0.25, 0.3) is 0 Å². The van der Waals surface area contributed by atoms with Gasteiger partial charge in [0.2, 0.25) is 5.92 Å². The third-order valence-corrected chi connectivity index (χ3v) is 2.92. The van der Waals surface area contributed by atoms with Crippen LogP contribution in [0.2, 0.25) is 0 Å². The van der Waals surface area contributed by atoms with E-state index >= 15 is 0 Å². The number of Topliss-reactive ketones (excluding diaryl/α,β-unsaturated/α-hetero) is 1. The van der Waals surface area contributed by atoms with E-state index in [9.17, 15) is 34.6 Å². The molecule has 0 unspecified atom stereocenters. The fourth-order valence-electron chi connectivity index (χ4n) is 1.88. The molecule has 11 nitrogen and oxygen atoms in total. The Morgan fingerprint density at radius 1 is 0.920 bits per heavy atom. The van der Waals surface area contributed by atoms with Gasteiger partial charge in [0, 0.05) is 17.7 Å². The zero-order valence-corrected chi connectivity index (χ0v) is 13.3. The molecule has 1 aromatic rings. The highest BCUT2D eigenvalue weighted by atomic mass is 16.6. The van der Waals surface area contributed by atoms with Crippen LogP contribution >= 0.6 is 0 Å². The van der Waals surface area contributed by atoms with Crippen LogP contribution in [0.4, 0.5) is 11.4 Å². The molecule has 1 aromatic carbocycles. The molecule has 1 rings (SSSR count). The number of nitrogens with zero attached hydrogens (tertiary/aromatic N) is 2. The van der Waals surface area contributed by atoms with Crippen molar-refractivity contribution in [2.45, 2.75) is 13.8 Å². The van der Waals surface area contributed by atoms with Crippen molar-refractivity contribution in [2.24, 2.45) is 5.92 Å². The lowest BCUT2D eigenvalue weighted by Gasteiger charge is -2.13. The SMILES string of the molecule is CCOC(=O)C(C(=O)OCC)C(=O)c1cc([N+](=O)[O-])cc([N+](=O)[O-])c1. The fraction of sp³-hybridized carbons (Fsp3) is 0.357. The molecule has 0 aromatic heterocycles. The van der Waals surface area contributed by atoms with E-state index in [4.69, 9.17) is 0 Å². The molecule has 0 N–H and O–H groups in total. The highest BCUT2D eigenvalue weighted by molar-refractivity contribution is 6.21. The third kappa shape index (κ3) is 4.80. The lowest BCUT2D eigenvalue weighted by atomic mass is 9.96. The number of rotatable bonds is 8. The zero-order chi connectivity index (χ0) is 19.1. The number of carbonyl (C=O) groups excluding carboxylic acids is 3. The van der Waals surface area contributed by atoms with E-state index in [2.05, 4.69) is 9.47 Å². The Morgan fingerprint density at radius 3 is 1.64 bits per heavy atom. The first-order valence-electron chi connectivity index (χ1n) is 7.04. The first-order valence-corrected chi connectivity index (χ1v) is 7.04. The van der Waals surface area contributed by atoms with Gasteiger partial charge in [0.1, 0.15) is 0 Å². The molecule has 0 spiro atoms. The summed E-state index contributed by atoms with van der Waals surface area (Å²) in [6, 6.07) is 2.13. The van der Waals surface area contributed by atoms with Gasteiger partial charge in [-0.15, -0.1) is 0 Å². The van der Waals surface area contributed by atoms with Crippen LogP contribution in [0.1, 0.15) is 24.2 Å². The Labute approximate surface area is 140 Å². The van der Waals surface area contributed by atoms with Gasteiger partial charge < -0.3 is 9.47 Å². The maximum atomic E-state index is 12.5. The number of hydrogen-bond donors (Lipinski definition) is 0. The van der Waals surface area contributed by atoms with Gasteiger partial charge in [0.05, 0.1) is 29.1 Å². The molecule has 0 saturated heterocycles. The number of ketones is 1. The molecule has 0 heterocycles. The maximum absolute atomic E-state index is 12.5. The Kier molecular flexibility index (Phi) is 6.67. The molecule has 0 aliphatic carbocycles. The molecule has 25 heavy (non-hydrogen) atoms. The smallest absolute Gasteiger partial charge is 0.328 e.